The van der Waals surface area contributed by atoms with Crippen molar-refractivity contribution in [3.8, 4) is 5.75 Å². The second-order valence-corrected chi connectivity index (χ2v) is 7.52. The van der Waals surface area contributed by atoms with E-state index in [4.69, 9.17) is 9.84 Å². The molecule has 0 unspecified atom stereocenters. The number of likely N-dealkylation sites (tertiary alicyclic amines) is 1. The number of ether oxygens (including phenoxy) is 1. The summed E-state index contributed by atoms with van der Waals surface area (Å²) in [5, 5.41) is 17.8. The van der Waals surface area contributed by atoms with Crippen LogP contribution in [0.4, 0.5) is 0 Å². The SMILES string of the molecule is O=C(N[C@H]1CC2(CCN(CCO)CC2)Oc2ccccc21)c1csnn1. The number of aliphatic hydroxyl groups excluding tert-OH is 1. The molecule has 2 aromatic rings. The van der Waals surface area contributed by atoms with Gasteiger partial charge in [0.05, 0.1) is 12.6 Å². The van der Waals surface area contributed by atoms with Gasteiger partial charge in [0.25, 0.3) is 5.91 Å². The number of piperidine rings is 1. The highest BCUT2D eigenvalue weighted by molar-refractivity contribution is 7.03. The summed E-state index contributed by atoms with van der Waals surface area (Å²) in [7, 11) is 0. The summed E-state index contributed by atoms with van der Waals surface area (Å²) >= 11 is 1.17. The third-order valence-electron chi connectivity index (χ3n) is 5.28. The number of rotatable bonds is 4. The van der Waals surface area contributed by atoms with Crippen LogP contribution in [-0.4, -0.2) is 57.3 Å². The lowest BCUT2D eigenvalue weighted by Gasteiger charge is -2.47. The number of nitrogens with one attached hydrogen (secondary N) is 1. The van der Waals surface area contributed by atoms with Crippen molar-refractivity contribution in [2.75, 3.05) is 26.2 Å². The molecule has 1 atom stereocenters. The number of aliphatic hydroxyl groups is 1. The molecular formula is C18H22N4O3S. The van der Waals surface area contributed by atoms with Crippen LogP contribution >= 0.6 is 11.5 Å². The standard InChI is InChI=1S/C18H22N4O3S/c23-10-9-22-7-5-18(6-8-22)11-14(13-3-1-2-4-16(13)25-18)19-17(24)15-12-26-21-20-15/h1-4,12,14,23H,5-11H2,(H,19,24)/t14-/m0/s1. The molecule has 2 aliphatic rings. The van der Waals surface area contributed by atoms with Gasteiger partial charge in [-0.15, -0.1) is 5.10 Å². The fraction of sp³-hybridized carbons (Fsp3) is 0.500. The molecule has 1 spiro atoms. The van der Waals surface area contributed by atoms with Crippen LogP contribution in [0.3, 0.4) is 0 Å². The average molecular weight is 374 g/mol. The molecule has 1 aromatic heterocycles. The van der Waals surface area contributed by atoms with Crippen LogP contribution < -0.4 is 10.1 Å². The molecule has 7 nitrogen and oxygen atoms in total. The minimum Gasteiger partial charge on any atom is -0.487 e. The van der Waals surface area contributed by atoms with E-state index in [9.17, 15) is 4.79 Å². The minimum atomic E-state index is -0.279. The summed E-state index contributed by atoms with van der Waals surface area (Å²) in [6, 6.07) is 7.79. The van der Waals surface area contributed by atoms with Crippen LogP contribution in [0.15, 0.2) is 29.6 Å². The Morgan fingerprint density at radius 1 is 1.38 bits per heavy atom. The zero-order valence-corrected chi connectivity index (χ0v) is 15.2. The summed E-state index contributed by atoms with van der Waals surface area (Å²) in [6.07, 6.45) is 2.50. The number of carbonyl (C=O) groups excluding carboxylic acids is 1. The Morgan fingerprint density at radius 2 is 2.19 bits per heavy atom. The third kappa shape index (κ3) is 3.44. The van der Waals surface area contributed by atoms with Gasteiger partial charge in [-0.05, 0) is 30.4 Å². The van der Waals surface area contributed by atoms with Crippen molar-refractivity contribution in [3.05, 3.63) is 40.9 Å². The first-order valence-corrected chi connectivity index (χ1v) is 9.72. The number of para-hydroxylation sites is 1. The molecule has 3 heterocycles. The van der Waals surface area contributed by atoms with Gasteiger partial charge in [-0.2, -0.15) is 0 Å². The molecule has 0 radical (unpaired) electrons. The van der Waals surface area contributed by atoms with Gasteiger partial charge in [0.1, 0.15) is 11.4 Å². The Hall–Kier alpha value is -2.03. The first kappa shape index (κ1) is 17.4. The molecule has 0 saturated carbocycles. The predicted molar refractivity (Wildman–Crippen MR) is 97.3 cm³/mol. The quantitative estimate of drug-likeness (QED) is 0.846. The van der Waals surface area contributed by atoms with E-state index in [0.29, 0.717) is 12.2 Å². The van der Waals surface area contributed by atoms with Crippen molar-refractivity contribution < 1.29 is 14.6 Å². The molecule has 2 N–H and O–H groups in total. The fourth-order valence-corrected chi connectivity index (χ4v) is 4.31. The lowest BCUT2D eigenvalue weighted by molar-refractivity contribution is -0.0270. The number of benzene rings is 1. The zero-order valence-electron chi connectivity index (χ0n) is 14.4. The van der Waals surface area contributed by atoms with Crippen molar-refractivity contribution in [2.24, 2.45) is 0 Å². The molecule has 1 saturated heterocycles. The van der Waals surface area contributed by atoms with Crippen LogP contribution in [0.1, 0.15) is 41.4 Å². The average Bonchev–Trinajstić information content (AvgIpc) is 3.19. The summed E-state index contributed by atoms with van der Waals surface area (Å²) in [5.74, 6) is 0.643. The van der Waals surface area contributed by atoms with E-state index in [2.05, 4.69) is 19.8 Å². The Kier molecular flexibility index (Phi) is 4.88. The van der Waals surface area contributed by atoms with E-state index in [1.807, 2.05) is 24.3 Å². The molecule has 1 fully saturated rings. The molecular weight excluding hydrogens is 352 g/mol. The number of fused-ring (bicyclic) bond motifs is 1. The van der Waals surface area contributed by atoms with Crippen LogP contribution in [0.25, 0.3) is 0 Å². The van der Waals surface area contributed by atoms with E-state index >= 15 is 0 Å². The molecule has 1 amide bonds. The monoisotopic (exact) mass is 374 g/mol. The number of hydrogen-bond donors (Lipinski definition) is 2. The number of carbonyl (C=O) groups is 1. The minimum absolute atomic E-state index is 0.112. The van der Waals surface area contributed by atoms with Gasteiger partial charge >= 0.3 is 0 Å². The highest BCUT2D eigenvalue weighted by Gasteiger charge is 2.43. The maximum absolute atomic E-state index is 12.5. The predicted octanol–water partition coefficient (Wildman–Crippen LogP) is 1.62. The number of nitrogens with zero attached hydrogens (tertiary/aromatic N) is 3. The van der Waals surface area contributed by atoms with Crippen molar-refractivity contribution in [1.29, 1.82) is 0 Å². The second-order valence-electron chi connectivity index (χ2n) is 6.91. The van der Waals surface area contributed by atoms with E-state index in [1.54, 1.807) is 5.38 Å². The summed E-state index contributed by atoms with van der Waals surface area (Å²) in [5.41, 5.74) is 1.08. The Morgan fingerprint density at radius 3 is 2.92 bits per heavy atom. The molecule has 138 valence electrons. The maximum Gasteiger partial charge on any atom is 0.273 e. The summed E-state index contributed by atoms with van der Waals surface area (Å²) < 4.78 is 10.2. The molecule has 2 aliphatic heterocycles. The van der Waals surface area contributed by atoms with E-state index in [-0.39, 0.29) is 24.2 Å². The van der Waals surface area contributed by atoms with Crippen molar-refractivity contribution >= 4 is 17.4 Å². The first-order chi connectivity index (χ1) is 12.7. The van der Waals surface area contributed by atoms with E-state index in [0.717, 1.165) is 43.7 Å². The van der Waals surface area contributed by atoms with Crippen LogP contribution in [0.5, 0.6) is 5.75 Å². The van der Waals surface area contributed by atoms with Crippen molar-refractivity contribution in [2.45, 2.75) is 30.9 Å². The van der Waals surface area contributed by atoms with Crippen LogP contribution in [0, 0.1) is 0 Å². The Balaban J connectivity index is 1.55. The highest BCUT2D eigenvalue weighted by Crippen LogP contribution is 2.44. The van der Waals surface area contributed by atoms with Crippen LogP contribution in [0.2, 0.25) is 0 Å². The largest absolute Gasteiger partial charge is 0.487 e. The zero-order chi connectivity index (χ0) is 18.0. The van der Waals surface area contributed by atoms with Gasteiger partial charge in [-0.25, -0.2) is 0 Å². The molecule has 0 bridgehead atoms. The number of aromatic nitrogens is 2. The fourth-order valence-electron chi connectivity index (χ4n) is 3.87. The second kappa shape index (κ2) is 7.30. The van der Waals surface area contributed by atoms with Gasteiger partial charge < -0.3 is 20.1 Å². The van der Waals surface area contributed by atoms with Gasteiger partial charge in [0.15, 0.2) is 5.69 Å². The molecule has 26 heavy (non-hydrogen) atoms. The Labute approximate surface area is 156 Å². The molecule has 4 rings (SSSR count). The van der Waals surface area contributed by atoms with Gasteiger partial charge in [-0.3, -0.25) is 4.79 Å². The van der Waals surface area contributed by atoms with E-state index < -0.39 is 0 Å². The van der Waals surface area contributed by atoms with E-state index in [1.165, 1.54) is 11.5 Å². The smallest absolute Gasteiger partial charge is 0.273 e. The van der Waals surface area contributed by atoms with Crippen molar-refractivity contribution in [1.82, 2.24) is 19.8 Å². The molecule has 0 aliphatic carbocycles. The topological polar surface area (TPSA) is 87.6 Å². The maximum atomic E-state index is 12.5. The summed E-state index contributed by atoms with van der Waals surface area (Å²) in [6.45, 7) is 2.65. The first-order valence-electron chi connectivity index (χ1n) is 8.88. The number of β-amino-alcohol motifs (C(OH)–C–C–N with tert-alkyl or cyclic N) is 1. The summed E-state index contributed by atoms with van der Waals surface area (Å²) in [4.78, 5) is 14.8. The Bertz CT molecular complexity index is 760. The van der Waals surface area contributed by atoms with Gasteiger partial charge in [0, 0.05) is 37.0 Å². The molecule has 1 aromatic carbocycles. The molecule has 8 heteroatoms. The number of amides is 1. The van der Waals surface area contributed by atoms with Crippen molar-refractivity contribution in [3.63, 3.8) is 0 Å². The van der Waals surface area contributed by atoms with Crippen LogP contribution in [-0.2, 0) is 0 Å². The lowest BCUT2D eigenvalue weighted by Crippen LogP contribution is -2.52. The lowest BCUT2D eigenvalue weighted by atomic mass is 9.80. The van der Waals surface area contributed by atoms with Gasteiger partial charge in [0.2, 0.25) is 0 Å². The number of hydrogen-bond acceptors (Lipinski definition) is 7. The third-order valence-corrected chi connectivity index (χ3v) is 5.78. The highest BCUT2D eigenvalue weighted by atomic mass is 32.1. The normalized spacial score (nSPS) is 21.8. The van der Waals surface area contributed by atoms with Gasteiger partial charge in [-0.1, -0.05) is 22.7 Å².